The number of hydrogen-bond acceptors (Lipinski definition) is 3. The third kappa shape index (κ3) is 1.84. The molecule has 92 valence electrons. The molecule has 0 saturated heterocycles. The monoisotopic (exact) mass is 241 g/mol. The number of aryl methyl sites for hydroxylation is 2. The summed E-state index contributed by atoms with van der Waals surface area (Å²) >= 11 is 0. The molecule has 4 nitrogen and oxygen atoms in total. The molecule has 0 unspecified atom stereocenters. The first-order valence-electron chi connectivity index (χ1n) is 5.69. The molecule has 1 aromatic heterocycles. The molecule has 18 heavy (non-hydrogen) atoms. The van der Waals surface area contributed by atoms with Crippen LogP contribution in [0, 0.1) is 32.1 Å². The fraction of sp³-hybridized carbons (Fsp3) is 0.286. The molecule has 2 aromatic rings. The molecule has 2 rings (SSSR count). The number of nitrogens with zero attached hydrogens (tertiary/aromatic N) is 3. The van der Waals surface area contributed by atoms with Gasteiger partial charge in [0.05, 0.1) is 24.1 Å². The fourth-order valence-electron chi connectivity index (χ4n) is 2.00. The molecule has 1 aromatic carbocycles. The van der Waals surface area contributed by atoms with Gasteiger partial charge in [0.25, 0.3) is 0 Å². The quantitative estimate of drug-likeness (QED) is 0.812. The van der Waals surface area contributed by atoms with Crippen molar-refractivity contribution in [2.75, 3.05) is 7.11 Å². The summed E-state index contributed by atoms with van der Waals surface area (Å²) in [6.45, 7) is 5.74. The maximum atomic E-state index is 9.11. The van der Waals surface area contributed by atoms with E-state index in [1.54, 1.807) is 11.8 Å². The lowest BCUT2D eigenvalue weighted by Gasteiger charge is -2.10. The Morgan fingerprint density at radius 2 is 2.00 bits per heavy atom. The topological polar surface area (TPSA) is 50.8 Å². The minimum absolute atomic E-state index is 0.624. The first kappa shape index (κ1) is 12.2. The molecule has 0 radical (unpaired) electrons. The third-order valence-corrected chi connectivity index (χ3v) is 2.97. The first-order valence-corrected chi connectivity index (χ1v) is 5.69. The molecular formula is C14H15N3O. The van der Waals surface area contributed by atoms with Crippen LogP contribution in [0.1, 0.15) is 22.5 Å². The number of hydrogen-bond donors (Lipinski definition) is 0. The van der Waals surface area contributed by atoms with E-state index in [9.17, 15) is 0 Å². The smallest absolute Gasteiger partial charge is 0.144 e. The highest BCUT2D eigenvalue weighted by Crippen LogP contribution is 2.26. The van der Waals surface area contributed by atoms with Crippen molar-refractivity contribution in [3.05, 3.63) is 40.7 Å². The van der Waals surface area contributed by atoms with Gasteiger partial charge >= 0.3 is 0 Å². The van der Waals surface area contributed by atoms with Crippen molar-refractivity contribution in [2.45, 2.75) is 20.8 Å². The Bertz CT molecular complexity index is 635. The largest absolute Gasteiger partial charge is 0.494 e. The Balaban J connectivity index is 2.70. The average Bonchev–Trinajstić information content (AvgIpc) is 2.64. The molecule has 1 heterocycles. The van der Waals surface area contributed by atoms with Crippen molar-refractivity contribution in [3.8, 4) is 17.5 Å². The summed E-state index contributed by atoms with van der Waals surface area (Å²) in [4.78, 5) is 0. The van der Waals surface area contributed by atoms with Crippen LogP contribution in [0.5, 0.6) is 5.75 Å². The molecule has 0 spiro atoms. The van der Waals surface area contributed by atoms with Crippen LogP contribution in [0.2, 0.25) is 0 Å². The molecule has 0 aliphatic carbocycles. The molecular weight excluding hydrogens is 226 g/mol. The van der Waals surface area contributed by atoms with Crippen LogP contribution in [-0.4, -0.2) is 16.9 Å². The van der Waals surface area contributed by atoms with Crippen molar-refractivity contribution >= 4 is 0 Å². The van der Waals surface area contributed by atoms with Crippen molar-refractivity contribution in [1.82, 2.24) is 9.78 Å². The number of rotatable bonds is 2. The molecule has 4 heteroatoms. The Morgan fingerprint density at radius 3 is 2.56 bits per heavy atom. The van der Waals surface area contributed by atoms with E-state index in [2.05, 4.69) is 11.2 Å². The summed E-state index contributed by atoms with van der Waals surface area (Å²) in [6.07, 6.45) is 0. The van der Waals surface area contributed by atoms with Crippen molar-refractivity contribution in [1.29, 1.82) is 5.26 Å². The van der Waals surface area contributed by atoms with Gasteiger partial charge in [-0.3, -0.25) is 0 Å². The second kappa shape index (κ2) is 4.53. The zero-order valence-corrected chi connectivity index (χ0v) is 11.0. The molecule has 0 atom stereocenters. The van der Waals surface area contributed by atoms with Gasteiger partial charge in [-0.2, -0.15) is 10.4 Å². The van der Waals surface area contributed by atoms with Crippen LogP contribution in [-0.2, 0) is 0 Å². The van der Waals surface area contributed by atoms with E-state index in [0.29, 0.717) is 5.56 Å². The van der Waals surface area contributed by atoms with Gasteiger partial charge in [0.2, 0.25) is 0 Å². The van der Waals surface area contributed by atoms with Gasteiger partial charge in [0, 0.05) is 0 Å². The van der Waals surface area contributed by atoms with Gasteiger partial charge in [0.15, 0.2) is 0 Å². The Morgan fingerprint density at radius 1 is 1.28 bits per heavy atom. The molecule has 0 amide bonds. The fourth-order valence-corrected chi connectivity index (χ4v) is 2.00. The van der Waals surface area contributed by atoms with E-state index in [-0.39, 0.29) is 0 Å². The number of nitriles is 1. The first-order chi connectivity index (χ1) is 8.58. The van der Waals surface area contributed by atoms with Crippen LogP contribution in [0.25, 0.3) is 5.69 Å². The predicted octanol–water partition coefficient (Wildman–Crippen LogP) is 2.68. The summed E-state index contributed by atoms with van der Waals surface area (Å²) in [5, 5.41) is 13.5. The standard InChI is InChI=1S/C14H15N3O/c1-9-5-6-14(18-4)13(7-9)17-11(3)12(8-15)10(2)16-17/h5-7H,1-4H3. The summed E-state index contributed by atoms with van der Waals surface area (Å²) in [5.41, 5.74) is 4.17. The SMILES string of the molecule is COc1ccc(C)cc1-n1nc(C)c(C#N)c1C. The molecule has 0 aliphatic rings. The maximum Gasteiger partial charge on any atom is 0.144 e. The molecule has 0 aliphatic heterocycles. The summed E-state index contributed by atoms with van der Waals surface area (Å²) in [5.74, 6) is 0.746. The number of aromatic nitrogens is 2. The van der Waals surface area contributed by atoms with Gasteiger partial charge < -0.3 is 4.74 Å². The van der Waals surface area contributed by atoms with Gasteiger partial charge in [-0.1, -0.05) is 6.07 Å². The Labute approximate surface area is 106 Å². The molecule has 0 N–H and O–H groups in total. The summed E-state index contributed by atoms with van der Waals surface area (Å²) in [6, 6.07) is 8.08. The van der Waals surface area contributed by atoms with Gasteiger partial charge in [-0.05, 0) is 38.5 Å². The lowest BCUT2D eigenvalue weighted by Crippen LogP contribution is -2.02. The van der Waals surface area contributed by atoms with Gasteiger partial charge in [-0.25, -0.2) is 4.68 Å². The lowest BCUT2D eigenvalue weighted by atomic mass is 10.2. The van der Waals surface area contributed by atoms with Crippen LogP contribution in [0.4, 0.5) is 0 Å². The Hall–Kier alpha value is -2.28. The van der Waals surface area contributed by atoms with Crippen LogP contribution >= 0.6 is 0 Å². The normalized spacial score (nSPS) is 10.2. The number of benzene rings is 1. The van der Waals surface area contributed by atoms with Crippen molar-refractivity contribution < 1.29 is 4.74 Å². The summed E-state index contributed by atoms with van der Waals surface area (Å²) < 4.78 is 7.11. The number of methoxy groups -OCH3 is 1. The van der Waals surface area contributed by atoms with Gasteiger partial charge in [0.1, 0.15) is 17.5 Å². The lowest BCUT2D eigenvalue weighted by molar-refractivity contribution is 0.411. The minimum atomic E-state index is 0.624. The van der Waals surface area contributed by atoms with E-state index < -0.39 is 0 Å². The number of ether oxygens (including phenoxy) is 1. The van der Waals surface area contributed by atoms with E-state index in [1.807, 2.05) is 39.0 Å². The van der Waals surface area contributed by atoms with Crippen molar-refractivity contribution in [2.24, 2.45) is 0 Å². The minimum Gasteiger partial charge on any atom is -0.494 e. The summed E-state index contributed by atoms with van der Waals surface area (Å²) in [7, 11) is 1.63. The highest BCUT2D eigenvalue weighted by molar-refractivity contribution is 5.51. The van der Waals surface area contributed by atoms with E-state index in [4.69, 9.17) is 10.00 Å². The van der Waals surface area contributed by atoms with E-state index in [0.717, 1.165) is 28.4 Å². The second-order valence-corrected chi connectivity index (χ2v) is 4.24. The second-order valence-electron chi connectivity index (χ2n) is 4.24. The van der Waals surface area contributed by atoms with Crippen LogP contribution in [0.15, 0.2) is 18.2 Å². The maximum absolute atomic E-state index is 9.11. The molecule has 0 bridgehead atoms. The zero-order chi connectivity index (χ0) is 13.3. The van der Waals surface area contributed by atoms with Crippen LogP contribution in [0.3, 0.4) is 0 Å². The van der Waals surface area contributed by atoms with E-state index in [1.165, 1.54) is 0 Å². The van der Waals surface area contributed by atoms with E-state index >= 15 is 0 Å². The van der Waals surface area contributed by atoms with Crippen molar-refractivity contribution in [3.63, 3.8) is 0 Å². The zero-order valence-electron chi connectivity index (χ0n) is 11.0. The average molecular weight is 241 g/mol. The third-order valence-electron chi connectivity index (χ3n) is 2.97. The Kier molecular flexibility index (Phi) is 3.07. The highest BCUT2D eigenvalue weighted by atomic mass is 16.5. The molecule has 0 fully saturated rings. The molecule has 0 saturated carbocycles. The van der Waals surface area contributed by atoms with Crippen LogP contribution < -0.4 is 4.74 Å². The predicted molar refractivity (Wildman–Crippen MR) is 69.0 cm³/mol. The highest BCUT2D eigenvalue weighted by Gasteiger charge is 2.15. The van der Waals surface area contributed by atoms with Gasteiger partial charge in [-0.15, -0.1) is 0 Å².